The Kier molecular flexibility index (Phi) is 7.04. The largest absolute Gasteiger partial charge is 0.416 e. The highest BCUT2D eigenvalue weighted by atomic mass is 19.4. The second-order valence-electron chi connectivity index (χ2n) is 10.0. The fourth-order valence-electron chi connectivity index (χ4n) is 6.06. The predicted molar refractivity (Wildman–Crippen MR) is 129 cm³/mol. The maximum atomic E-state index is 13.4. The fourth-order valence-corrected chi connectivity index (χ4v) is 6.06. The van der Waals surface area contributed by atoms with E-state index in [-0.39, 0.29) is 17.7 Å². The Bertz CT molecular complexity index is 1220. The Balaban J connectivity index is 1.51. The molecule has 0 amide bonds. The fraction of sp³-hybridized carbons (Fsp3) is 0.379. The number of aliphatic hydroxyl groups is 1. The minimum Gasteiger partial charge on any atom is -0.391 e. The number of fused-ring (bicyclic) bond motifs is 2. The second kappa shape index (κ2) is 10.0. The normalized spacial score (nSPS) is 26.0. The number of benzene rings is 3. The number of aliphatic hydroxyl groups excluding tert-OH is 1. The van der Waals surface area contributed by atoms with Gasteiger partial charge in [-0.1, -0.05) is 60.7 Å². The molecule has 2 aliphatic heterocycles. The van der Waals surface area contributed by atoms with Crippen molar-refractivity contribution in [2.24, 2.45) is 0 Å². The molecule has 9 heteroatoms. The molecule has 2 bridgehead atoms. The molecule has 2 aliphatic rings. The number of nitrogens with zero attached hydrogens (tertiary/aromatic N) is 1. The van der Waals surface area contributed by atoms with Gasteiger partial charge >= 0.3 is 12.4 Å². The Hall–Kier alpha value is -2.88. The van der Waals surface area contributed by atoms with Crippen molar-refractivity contribution in [3.8, 4) is 0 Å². The van der Waals surface area contributed by atoms with Crippen LogP contribution in [0.3, 0.4) is 0 Å². The van der Waals surface area contributed by atoms with Crippen LogP contribution in [0.5, 0.6) is 0 Å². The van der Waals surface area contributed by atoms with Crippen LogP contribution in [0.4, 0.5) is 26.3 Å². The van der Waals surface area contributed by atoms with Gasteiger partial charge in [0.2, 0.25) is 0 Å². The highest BCUT2D eigenvalue weighted by Gasteiger charge is 2.59. The van der Waals surface area contributed by atoms with Crippen LogP contribution in [0.2, 0.25) is 0 Å². The molecule has 4 atom stereocenters. The van der Waals surface area contributed by atoms with Crippen LogP contribution < -0.4 is 0 Å². The van der Waals surface area contributed by atoms with Crippen LogP contribution in [0.25, 0.3) is 0 Å². The van der Waals surface area contributed by atoms with Gasteiger partial charge in [0.15, 0.2) is 0 Å². The topological polar surface area (TPSA) is 32.7 Å². The third-order valence-electron chi connectivity index (χ3n) is 7.70. The Morgan fingerprint density at radius 3 is 1.95 bits per heavy atom. The Morgan fingerprint density at radius 1 is 0.789 bits per heavy atom. The van der Waals surface area contributed by atoms with Crippen LogP contribution in [-0.2, 0) is 35.8 Å². The van der Waals surface area contributed by atoms with Crippen molar-refractivity contribution in [3.63, 3.8) is 0 Å². The molecule has 3 aromatic carbocycles. The van der Waals surface area contributed by atoms with Crippen molar-refractivity contribution in [2.75, 3.05) is 0 Å². The summed E-state index contributed by atoms with van der Waals surface area (Å²) < 4.78 is 86.6. The number of rotatable bonds is 6. The van der Waals surface area contributed by atoms with Gasteiger partial charge in [-0.25, -0.2) is 0 Å². The lowest BCUT2D eigenvalue weighted by Crippen LogP contribution is -2.56. The molecule has 2 saturated heterocycles. The van der Waals surface area contributed by atoms with E-state index >= 15 is 0 Å². The molecule has 2 heterocycles. The van der Waals surface area contributed by atoms with Gasteiger partial charge in [-0.2, -0.15) is 26.3 Å². The van der Waals surface area contributed by atoms with Crippen LogP contribution in [-0.4, -0.2) is 28.3 Å². The van der Waals surface area contributed by atoms with E-state index in [9.17, 15) is 31.4 Å². The zero-order valence-corrected chi connectivity index (χ0v) is 20.3. The Labute approximate surface area is 216 Å². The molecule has 0 aliphatic carbocycles. The molecule has 2 fully saturated rings. The molecule has 0 aromatic heterocycles. The van der Waals surface area contributed by atoms with E-state index in [1.165, 1.54) is 0 Å². The molecule has 3 nitrogen and oxygen atoms in total. The van der Waals surface area contributed by atoms with E-state index in [1.54, 1.807) is 0 Å². The first kappa shape index (κ1) is 26.7. The second-order valence-corrected chi connectivity index (χ2v) is 10.0. The number of halogens is 6. The molecule has 0 radical (unpaired) electrons. The summed E-state index contributed by atoms with van der Waals surface area (Å²) in [4.78, 5) is 2.20. The minimum atomic E-state index is -4.93. The SMILES string of the molecule is O[C@H]1C[C@@]2(c3ccccc3)[C@H](OCc3cc(C(F)(F)F)cc(C(F)(F)F)c3)CC[C@@H]1N2Cc1ccccc1. The first-order valence-electron chi connectivity index (χ1n) is 12.4. The molecular weight excluding hydrogens is 508 g/mol. The number of hydrogen-bond acceptors (Lipinski definition) is 3. The highest BCUT2D eigenvalue weighted by molar-refractivity contribution is 5.35. The van der Waals surface area contributed by atoms with Crippen LogP contribution in [0.1, 0.15) is 47.1 Å². The molecular formula is C29H27F6NO2. The monoisotopic (exact) mass is 535 g/mol. The van der Waals surface area contributed by atoms with E-state index < -0.39 is 47.8 Å². The van der Waals surface area contributed by atoms with Gasteiger partial charge in [-0.05, 0) is 54.2 Å². The quantitative estimate of drug-likeness (QED) is 0.348. The van der Waals surface area contributed by atoms with Gasteiger partial charge in [-0.15, -0.1) is 0 Å². The average Bonchev–Trinajstić information content (AvgIpc) is 3.06. The summed E-state index contributed by atoms with van der Waals surface area (Å²) in [5.41, 5.74) is -1.81. The maximum Gasteiger partial charge on any atom is 0.416 e. The van der Waals surface area contributed by atoms with E-state index in [0.29, 0.717) is 37.9 Å². The van der Waals surface area contributed by atoms with Crippen molar-refractivity contribution >= 4 is 0 Å². The standard InChI is InChI=1S/C29H27F6NO2/c30-28(31,32)22-13-20(14-23(15-22)29(33,34)35)18-38-26-12-11-24-25(37)16-27(26,21-9-5-2-6-10-21)36(24)17-19-7-3-1-4-8-19/h1-10,13-15,24-26,37H,11-12,16-18H2/t24-,25-,26+,27+/m0/s1. The first-order chi connectivity index (χ1) is 18.0. The third-order valence-corrected chi connectivity index (χ3v) is 7.70. The van der Waals surface area contributed by atoms with E-state index in [1.807, 2.05) is 60.7 Å². The maximum absolute atomic E-state index is 13.4. The molecule has 0 saturated carbocycles. The summed E-state index contributed by atoms with van der Waals surface area (Å²) in [6.07, 6.45) is -9.64. The summed E-state index contributed by atoms with van der Waals surface area (Å²) in [7, 11) is 0. The molecule has 38 heavy (non-hydrogen) atoms. The molecule has 3 aromatic rings. The van der Waals surface area contributed by atoms with Gasteiger partial charge in [0.1, 0.15) is 0 Å². The zero-order chi connectivity index (χ0) is 27.1. The number of piperidine rings is 1. The van der Waals surface area contributed by atoms with Crippen molar-refractivity contribution in [2.45, 2.75) is 68.6 Å². The molecule has 5 rings (SSSR count). The van der Waals surface area contributed by atoms with E-state index in [4.69, 9.17) is 4.74 Å². The minimum absolute atomic E-state index is 0.120. The third kappa shape index (κ3) is 5.07. The van der Waals surface area contributed by atoms with Gasteiger partial charge in [0, 0.05) is 12.6 Å². The number of hydrogen-bond donors (Lipinski definition) is 1. The molecule has 0 unspecified atom stereocenters. The van der Waals surface area contributed by atoms with Crippen LogP contribution >= 0.6 is 0 Å². The van der Waals surface area contributed by atoms with Gasteiger partial charge in [0.25, 0.3) is 0 Å². The van der Waals surface area contributed by atoms with Crippen molar-refractivity contribution in [1.29, 1.82) is 0 Å². The summed E-state index contributed by atoms with van der Waals surface area (Å²) in [6, 6.07) is 20.6. The van der Waals surface area contributed by atoms with E-state index in [0.717, 1.165) is 11.1 Å². The van der Waals surface area contributed by atoms with Crippen molar-refractivity contribution in [3.05, 3.63) is 107 Å². The molecule has 0 spiro atoms. The van der Waals surface area contributed by atoms with Crippen LogP contribution in [0.15, 0.2) is 78.9 Å². The van der Waals surface area contributed by atoms with Crippen molar-refractivity contribution < 1.29 is 36.2 Å². The summed E-state index contributed by atoms with van der Waals surface area (Å²) in [6.45, 7) is 0.0886. The van der Waals surface area contributed by atoms with Crippen LogP contribution in [0, 0.1) is 0 Å². The molecule has 202 valence electrons. The van der Waals surface area contributed by atoms with Gasteiger partial charge < -0.3 is 9.84 Å². The zero-order valence-electron chi connectivity index (χ0n) is 20.3. The summed E-state index contributed by atoms with van der Waals surface area (Å²) in [5.74, 6) is 0. The summed E-state index contributed by atoms with van der Waals surface area (Å²) in [5, 5.41) is 11.1. The first-order valence-corrected chi connectivity index (χ1v) is 12.4. The van der Waals surface area contributed by atoms with E-state index in [2.05, 4.69) is 4.90 Å². The molecule has 1 N–H and O–H groups in total. The average molecular weight is 536 g/mol. The smallest absolute Gasteiger partial charge is 0.391 e. The lowest BCUT2D eigenvalue weighted by Gasteiger charge is -2.50. The predicted octanol–water partition coefficient (Wildman–Crippen LogP) is 6.93. The lowest BCUT2D eigenvalue weighted by atomic mass is 9.78. The van der Waals surface area contributed by atoms with Crippen molar-refractivity contribution in [1.82, 2.24) is 4.90 Å². The Morgan fingerprint density at radius 2 is 1.37 bits per heavy atom. The van der Waals surface area contributed by atoms with Gasteiger partial charge in [-0.3, -0.25) is 4.90 Å². The highest BCUT2D eigenvalue weighted by Crippen LogP contribution is 2.52. The summed E-state index contributed by atoms with van der Waals surface area (Å²) >= 11 is 0. The lowest BCUT2D eigenvalue weighted by molar-refractivity contribution is -0.143. The number of ether oxygens (including phenoxy) is 1. The van der Waals surface area contributed by atoms with Gasteiger partial charge in [0.05, 0.1) is 35.5 Å². The number of alkyl halides is 6.